The number of hydrogen-bond acceptors (Lipinski definition) is 5. The molecular formula is C23H37N5O. The van der Waals surface area contributed by atoms with E-state index >= 15 is 0 Å². The van der Waals surface area contributed by atoms with Crippen LogP contribution in [0, 0.1) is 11.3 Å². The van der Waals surface area contributed by atoms with E-state index in [9.17, 15) is 4.79 Å². The van der Waals surface area contributed by atoms with Gasteiger partial charge in [0.15, 0.2) is 5.82 Å². The average molecular weight is 400 g/mol. The van der Waals surface area contributed by atoms with Gasteiger partial charge in [-0.2, -0.15) is 4.98 Å². The first-order valence-electron chi connectivity index (χ1n) is 11.6. The van der Waals surface area contributed by atoms with Crippen LogP contribution < -0.4 is 15.1 Å². The molecular weight excluding hydrogens is 362 g/mol. The lowest BCUT2D eigenvalue weighted by molar-refractivity contribution is -0.125. The fourth-order valence-electron chi connectivity index (χ4n) is 5.49. The molecule has 1 aliphatic heterocycles. The summed E-state index contributed by atoms with van der Waals surface area (Å²) in [5, 5.41) is 3.59. The molecule has 4 rings (SSSR count). The fraction of sp³-hybridized carbons (Fsp3) is 0.783. The highest BCUT2D eigenvalue weighted by Gasteiger charge is 2.41. The van der Waals surface area contributed by atoms with Gasteiger partial charge in [0.05, 0.1) is 11.6 Å². The molecule has 3 aliphatic rings. The summed E-state index contributed by atoms with van der Waals surface area (Å²) >= 11 is 0. The van der Waals surface area contributed by atoms with Crippen molar-refractivity contribution in [3.8, 4) is 0 Å². The zero-order valence-electron chi connectivity index (χ0n) is 18.6. The quantitative estimate of drug-likeness (QED) is 0.801. The number of amides is 1. The summed E-state index contributed by atoms with van der Waals surface area (Å²) in [6, 6.07) is 0.834. The number of hydrogen-bond donors (Lipinski definition) is 1. The van der Waals surface area contributed by atoms with E-state index in [1.807, 2.05) is 13.2 Å². The number of rotatable bonds is 4. The third-order valence-electron chi connectivity index (χ3n) is 7.31. The Bertz CT molecular complexity index is 737. The Morgan fingerprint density at radius 1 is 1.10 bits per heavy atom. The topological polar surface area (TPSA) is 61.4 Å². The molecule has 1 atom stereocenters. The van der Waals surface area contributed by atoms with E-state index in [0.717, 1.165) is 11.5 Å². The van der Waals surface area contributed by atoms with Crippen molar-refractivity contribution in [2.45, 2.75) is 90.6 Å². The van der Waals surface area contributed by atoms with E-state index in [-0.39, 0.29) is 5.91 Å². The summed E-state index contributed by atoms with van der Waals surface area (Å²) in [5.41, 5.74) is 0.393. The van der Waals surface area contributed by atoms with Crippen molar-refractivity contribution >= 4 is 23.4 Å². The van der Waals surface area contributed by atoms with Gasteiger partial charge in [0.25, 0.3) is 0 Å². The Balaban J connectivity index is 1.64. The highest BCUT2D eigenvalue weighted by Crippen LogP contribution is 2.40. The van der Waals surface area contributed by atoms with Crippen molar-refractivity contribution in [2.24, 2.45) is 11.3 Å². The van der Waals surface area contributed by atoms with E-state index < -0.39 is 5.41 Å². The first-order chi connectivity index (χ1) is 13.9. The van der Waals surface area contributed by atoms with Crippen LogP contribution in [0.15, 0.2) is 6.20 Å². The van der Waals surface area contributed by atoms with E-state index in [2.05, 4.69) is 36.0 Å². The maximum absolute atomic E-state index is 13.1. The summed E-state index contributed by atoms with van der Waals surface area (Å²) in [5.74, 6) is 2.46. The Hall–Kier alpha value is -1.85. The number of aromatic nitrogens is 2. The maximum Gasteiger partial charge on any atom is 0.234 e. The molecule has 2 fully saturated rings. The SMILES string of the molecule is C[C@H](Nc1ncc2c(n1)N(C1CCCC1)CC(C)(C)C(=O)N2C)C1CCCCC1. The lowest BCUT2D eigenvalue weighted by atomic mass is 9.85. The summed E-state index contributed by atoms with van der Waals surface area (Å²) in [6.07, 6.45) is 13.3. The van der Waals surface area contributed by atoms with Crippen molar-refractivity contribution in [1.82, 2.24) is 9.97 Å². The number of carbonyl (C=O) groups is 1. The lowest BCUT2D eigenvalue weighted by Crippen LogP contribution is -2.45. The van der Waals surface area contributed by atoms with Crippen molar-refractivity contribution in [2.75, 3.05) is 28.7 Å². The Kier molecular flexibility index (Phi) is 5.71. The molecule has 0 saturated heterocycles. The van der Waals surface area contributed by atoms with Crippen molar-refractivity contribution in [1.29, 1.82) is 0 Å². The van der Waals surface area contributed by atoms with Gasteiger partial charge in [0.1, 0.15) is 5.69 Å². The van der Waals surface area contributed by atoms with Crippen LogP contribution >= 0.6 is 0 Å². The van der Waals surface area contributed by atoms with Gasteiger partial charge in [0.2, 0.25) is 11.9 Å². The lowest BCUT2D eigenvalue weighted by Gasteiger charge is -2.34. The zero-order chi connectivity index (χ0) is 20.6. The van der Waals surface area contributed by atoms with Crippen LogP contribution in [0.5, 0.6) is 0 Å². The Morgan fingerprint density at radius 2 is 1.76 bits per heavy atom. The highest BCUT2D eigenvalue weighted by atomic mass is 16.2. The van der Waals surface area contributed by atoms with E-state index in [4.69, 9.17) is 4.98 Å². The van der Waals surface area contributed by atoms with Crippen LogP contribution in [-0.4, -0.2) is 41.6 Å². The van der Waals surface area contributed by atoms with Crippen LogP contribution in [0.2, 0.25) is 0 Å². The molecule has 2 aliphatic carbocycles. The fourth-order valence-corrected chi connectivity index (χ4v) is 5.49. The van der Waals surface area contributed by atoms with Crippen LogP contribution in [0.3, 0.4) is 0 Å². The minimum atomic E-state index is -0.443. The smallest absolute Gasteiger partial charge is 0.234 e. The molecule has 1 aromatic rings. The minimum absolute atomic E-state index is 0.138. The standard InChI is InChI=1S/C23H37N5O/c1-16(17-10-6-5-7-11-17)25-22-24-14-19-20(26-22)28(18-12-8-9-13-18)15-23(2,3)21(29)27(19)4/h14,16-18H,5-13,15H2,1-4H3,(H,24,25,26)/t16-/m0/s1. The van der Waals surface area contributed by atoms with Gasteiger partial charge in [-0.05, 0) is 52.4 Å². The summed E-state index contributed by atoms with van der Waals surface area (Å²) in [7, 11) is 1.86. The van der Waals surface area contributed by atoms with Crippen molar-refractivity contribution in [3.63, 3.8) is 0 Å². The first-order valence-corrected chi connectivity index (χ1v) is 11.6. The normalized spacial score (nSPS) is 24.3. The third-order valence-corrected chi connectivity index (χ3v) is 7.31. The molecule has 6 nitrogen and oxygen atoms in total. The van der Waals surface area contributed by atoms with Crippen LogP contribution in [0.4, 0.5) is 17.5 Å². The zero-order valence-corrected chi connectivity index (χ0v) is 18.6. The summed E-state index contributed by atoms with van der Waals surface area (Å²) < 4.78 is 0. The molecule has 2 heterocycles. The second-order valence-corrected chi connectivity index (χ2v) is 10.0. The largest absolute Gasteiger partial charge is 0.351 e. The van der Waals surface area contributed by atoms with Gasteiger partial charge in [-0.1, -0.05) is 32.1 Å². The average Bonchev–Trinajstić information content (AvgIpc) is 3.24. The molecule has 160 valence electrons. The Labute approximate surface area is 175 Å². The molecule has 1 amide bonds. The van der Waals surface area contributed by atoms with Gasteiger partial charge < -0.3 is 15.1 Å². The van der Waals surface area contributed by atoms with E-state index in [1.54, 1.807) is 4.90 Å². The summed E-state index contributed by atoms with van der Waals surface area (Å²) in [4.78, 5) is 26.9. The predicted octanol–water partition coefficient (Wildman–Crippen LogP) is 4.61. The second kappa shape index (κ2) is 8.11. The molecule has 2 saturated carbocycles. The molecule has 0 radical (unpaired) electrons. The molecule has 0 bridgehead atoms. The molecule has 6 heteroatoms. The minimum Gasteiger partial charge on any atom is -0.351 e. The van der Waals surface area contributed by atoms with Gasteiger partial charge >= 0.3 is 0 Å². The molecule has 0 spiro atoms. The third kappa shape index (κ3) is 4.08. The van der Waals surface area contributed by atoms with Crippen LogP contribution in [0.25, 0.3) is 0 Å². The maximum atomic E-state index is 13.1. The van der Waals surface area contributed by atoms with Crippen LogP contribution in [0.1, 0.15) is 78.6 Å². The predicted molar refractivity (Wildman–Crippen MR) is 118 cm³/mol. The van der Waals surface area contributed by atoms with E-state index in [0.29, 0.717) is 30.5 Å². The van der Waals surface area contributed by atoms with Crippen molar-refractivity contribution < 1.29 is 4.79 Å². The van der Waals surface area contributed by atoms with Crippen LogP contribution in [-0.2, 0) is 4.79 Å². The number of carbonyl (C=O) groups excluding carboxylic acids is 1. The van der Waals surface area contributed by atoms with E-state index in [1.165, 1.54) is 57.8 Å². The van der Waals surface area contributed by atoms with Gasteiger partial charge in [0, 0.05) is 25.7 Å². The molecule has 0 unspecified atom stereocenters. The monoisotopic (exact) mass is 399 g/mol. The molecule has 0 aromatic carbocycles. The summed E-state index contributed by atoms with van der Waals surface area (Å²) in [6.45, 7) is 7.08. The number of nitrogens with one attached hydrogen (secondary N) is 1. The van der Waals surface area contributed by atoms with Gasteiger partial charge in [-0.15, -0.1) is 0 Å². The first kappa shape index (κ1) is 20.4. The van der Waals surface area contributed by atoms with Crippen molar-refractivity contribution in [3.05, 3.63) is 6.20 Å². The molecule has 29 heavy (non-hydrogen) atoms. The highest BCUT2D eigenvalue weighted by molar-refractivity contribution is 6.00. The molecule has 1 N–H and O–H groups in total. The van der Waals surface area contributed by atoms with Gasteiger partial charge in [-0.25, -0.2) is 4.98 Å². The number of fused-ring (bicyclic) bond motifs is 1. The van der Waals surface area contributed by atoms with Gasteiger partial charge in [-0.3, -0.25) is 4.79 Å². The molecule has 1 aromatic heterocycles. The number of anilines is 3. The Morgan fingerprint density at radius 3 is 2.45 bits per heavy atom. The second-order valence-electron chi connectivity index (χ2n) is 10.0. The number of nitrogens with zero attached hydrogens (tertiary/aromatic N) is 4.